The van der Waals surface area contributed by atoms with Crippen molar-refractivity contribution in [3.63, 3.8) is 0 Å². The molecule has 2 N–H and O–H groups in total. The first-order valence-electron chi connectivity index (χ1n) is 6.72. The minimum atomic E-state index is -0.835. The van der Waals surface area contributed by atoms with E-state index < -0.39 is 11.0 Å². The lowest BCUT2D eigenvalue weighted by molar-refractivity contribution is -0.523. The van der Waals surface area contributed by atoms with Gasteiger partial charge in [-0.2, -0.15) is 0 Å². The van der Waals surface area contributed by atoms with Crippen molar-refractivity contribution in [3.8, 4) is 0 Å². The molecule has 0 spiro atoms. The van der Waals surface area contributed by atoms with Crippen LogP contribution in [0.15, 0.2) is 30.3 Å². The molecule has 0 fully saturated rings. The lowest BCUT2D eigenvalue weighted by Gasteiger charge is -2.10. The van der Waals surface area contributed by atoms with Gasteiger partial charge in [0.25, 0.3) is 0 Å². The topological polar surface area (TPSA) is 101 Å². The van der Waals surface area contributed by atoms with Crippen LogP contribution in [0.2, 0.25) is 0 Å². The molecule has 7 heteroatoms. The SMILES string of the molecule is CC(=O)NCCC(CCC(=O)Nc1ccccc1)[N+](=O)[O-]. The number of hydrogen-bond donors (Lipinski definition) is 2. The Balaban J connectivity index is 2.36. The van der Waals surface area contributed by atoms with E-state index in [0.717, 1.165) is 0 Å². The Morgan fingerprint density at radius 1 is 1.24 bits per heavy atom. The fourth-order valence-corrected chi connectivity index (χ4v) is 1.81. The van der Waals surface area contributed by atoms with E-state index >= 15 is 0 Å². The van der Waals surface area contributed by atoms with Crippen molar-refractivity contribution in [2.75, 3.05) is 11.9 Å². The summed E-state index contributed by atoms with van der Waals surface area (Å²) in [6.45, 7) is 1.59. The van der Waals surface area contributed by atoms with Gasteiger partial charge in [0.05, 0.1) is 0 Å². The fraction of sp³-hybridized carbons (Fsp3) is 0.429. The lowest BCUT2D eigenvalue weighted by Crippen LogP contribution is -2.29. The summed E-state index contributed by atoms with van der Waals surface area (Å²) in [5, 5.41) is 16.1. The summed E-state index contributed by atoms with van der Waals surface area (Å²) in [5.41, 5.74) is 0.665. The quantitative estimate of drug-likeness (QED) is 0.561. The summed E-state index contributed by atoms with van der Waals surface area (Å²) >= 11 is 0. The van der Waals surface area contributed by atoms with E-state index in [0.29, 0.717) is 5.69 Å². The highest BCUT2D eigenvalue weighted by Gasteiger charge is 2.21. The van der Waals surface area contributed by atoms with Gasteiger partial charge in [-0.3, -0.25) is 19.7 Å². The van der Waals surface area contributed by atoms with Gasteiger partial charge in [-0.1, -0.05) is 18.2 Å². The number of benzene rings is 1. The van der Waals surface area contributed by atoms with E-state index in [1.54, 1.807) is 24.3 Å². The molecule has 0 bridgehead atoms. The Kier molecular flexibility index (Phi) is 6.86. The van der Waals surface area contributed by atoms with E-state index in [9.17, 15) is 19.7 Å². The maximum Gasteiger partial charge on any atom is 0.224 e. The molecule has 1 unspecified atom stereocenters. The molecule has 2 amide bonds. The van der Waals surface area contributed by atoms with Crippen molar-refractivity contribution in [3.05, 3.63) is 40.4 Å². The number of carbonyl (C=O) groups is 2. The fourth-order valence-electron chi connectivity index (χ4n) is 1.81. The van der Waals surface area contributed by atoms with E-state index in [4.69, 9.17) is 0 Å². The zero-order valence-electron chi connectivity index (χ0n) is 11.9. The van der Waals surface area contributed by atoms with E-state index in [1.165, 1.54) is 6.92 Å². The summed E-state index contributed by atoms with van der Waals surface area (Å²) < 4.78 is 0. The van der Waals surface area contributed by atoms with Gasteiger partial charge in [0, 0.05) is 43.3 Å². The first kappa shape index (κ1) is 16.6. The Morgan fingerprint density at radius 3 is 2.48 bits per heavy atom. The number of hydrogen-bond acceptors (Lipinski definition) is 4. The monoisotopic (exact) mass is 293 g/mol. The van der Waals surface area contributed by atoms with E-state index in [1.807, 2.05) is 6.07 Å². The molecule has 0 aliphatic carbocycles. The van der Waals surface area contributed by atoms with Crippen molar-refractivity contribution in [2.45, 2.75) is 32.2 Å². The molecule has 1 aromatic carbocycles. The molecule has 0 radical (unpaired) electrons. The van der Waals surface area contributed by atoms with Crippen LogP contribution < -0.4 is 10.6 Å². The molecular formula is C14H19N3O4. The molecular weight excluding hydrogens is 274 g/mol. The van der Waals surface area contributed by atoms with Gasteiger partial charge in [-0.05, 0) is 12.1 Å². The normalized spacial score (nSPS) is 11.5. The molecule has 0 heterocycles. The Morgan fingerprint density at radius 2 is 1.90 bits per heavy atom. The average molecular weight is 293 g/mol. The number of nitro groups is 1. The maximum atomic E-state index is 11.7. The molecule has 0 saturated carbocycles. The minimum absolute atomic E-state index is 0.0701. The summed E-state index contributed by atoms with van der Waals surface area (Å²) in [5.74, 6) is -0.480. The Hall–Kier alpha value is -2.44. The van der Waals surface area contributed by atoms with Crippen LogP contribution in [0.4, 0.5) is 5.69 Å². The third-order valence-corrected chi connectivity index (χ3v) is 2.91. The van der Waals surface area contributed by atoms with Gasteiger partial charge in [0.15, 0.2) is 0 Å². The standard InChI is InChI=1S/C14H19N3O4/c1-11(18)15-10-9-13(17(20)21)7-8-14(19)16-12-5-3-2-4-6-12/h2-6,13H,7-10H2,1H3,(H,15,18)(H,16,19). The molecule has 114 valence electrons. The number of nitrogens with zero attached hydrogens (tertiary/aromatic N) is 1. The van der Waals surface area contributed by atoms with E-state index in [-0.39, 0.29) is 37.6 Å². The molecule has 1 aromatic rings. The van der Waals surface area contributed by atoms with Crippen LogP contribution in [0.25, 0.3) is 0 Å². The minimum Gasteiger partial charge on any atom is -0.356 e. The van der Waals surface area contributed by atoms with Crippen LogP contribution in [-0.2, 0) is 9.59 Å². The second-order valence-corrected chi connectivity index (χ2v) is 4.66. The van der Waals surface area contributed by atoms with Gasteiger partial charge in [0.1, 0.15) is 0 Å². The van der Waals surface area contributed by atoms with E-state index in [2.05, 4.69) is 10.6 Å². The second kappa shape index (κ2) is 8.68. The summed E-state index contributed by atoms with van der Waals surface area (Å²) in [4.78, 5) is 32.9. The largest absolute Gasteiger partial charge is 0.356 e. The van der Waals surface area contributed by atoms with Crippen molar-refractivity contribution < 1.29 is 14.5 Å². The number of amides is 2. The lowest BCUT2D eigenvalue weighted by atomic mass is 10.1. The van der Waals surface area contributed by atoms with Crippen molar-refractivity contribution in [2.24, 2.45) is 0 Å². The zero-order chi connectivity index (χ0) is 15.7. The van der Waals surface area contributed by atoms with Crippen molar-refractivity contribution >= 4 is 17.5 Å². The van der Waals surface area contributed by atoms with Crippen LogP contribution in [-0.4, -0.2) is 29.3 Å². The Bertz CT molecular complexity index is 490. The number of para-hydroxylation sites is 1. The summed E-state index contributed by atoms with van der Waals surface area (Å²) in [7, 11) is 0. The predicted octanol–water partition coefficient (Wildman–Crippen LogP) is 1.58. The molecule has 21 heavy (non-hydrogen) atoms. The van der Waals surface area contributed by atoms with Crippen LogP contribution in [0, 0.1) is 10.1 Å². The second-order valence-electron chi connectivity index (χ2n) is 4.66. The first-order chi connectivity index (χ1) is 9.99. The molecule has 0 aliphatic rings. The number of anilines is 1. The average Bonchev–Trinajstić information content (AvgIpc) is 2.43. The van der Waals surface area contributed by atoms with Gasteiger partial charge < -0.3 is 10.6 Å². The molecule has 0 aliphatic heterocycles. The summed E-state index contributed by atoms with van der Waals surface area (Å²) in [6, 6.07) is 8.09. The molecule has 0 saturated heterocycles. The highest BCUT2D eigenvalue weighted by molar-refractivity contribution is 5.90. The smallest absolute Gasteiger partial charge is 0.224 e. The van der Waals surface area contributed by atoms with Gasteiger partial charge in [0.2, 0.25) is 17.9 Å². The maximum absolute atomic E-state index is 11.7. The number of carbonyl (C=O) groups excluding carboxylic acids is 2. The zero-order valence-corrected chi connectivity index (χ0v) is 11.9. The van der Waals surface area contributed by atoms with Crippen LogP contribution in [0.1, 0.15) is 26.2 Å². The van der Waals surface area contributed by atoms with Crippen LogP contribution in [0.3, 0.4) is 0 Å². The molecule has 7 nitrogen and oxygen atoms in total. The number of nitrogens with one attached hydrogen (secondary N) is 2. The molecule has 0 aromatic heterocycles. The molecule has 1 atom stereocenters. The van der Waals surface area contributed by atoms with Gasteiger partial charge in [-0.25, -0.2) is 0 Å². The highest BCUT2D eigenvalue weighted by Crippen LogP contribution is 2.09. The van der Waals surface area contributed by atoms with Gasteiger partial charge >= 0.3 is 0 Å². The summed E-state index contributed by atoms with van der Waals surface area (Å²) in [6.07, 6.45) is 0.428. The Labute approximate surface area is 122 Å². The number of rotatable bonds is 8. The highest BCUT2D eigenvalue weighted by atomic mass is 16.6. The first-order valence-corrected chi connectivity index (χ1v) is 6.72. The predicted molar refractivity (Wildman–Crippen MR) is 78.4 cm³/mol. The third kappa shape index (κ3) is 7.05. The van der Waals surface area contributed by atoms with Gasteiger partial charge in [-0.15, -0.1) is 0 Å². The molecule has 1 rings (SSSR count). The van der Waals surface area contributed by atoms with Crippen molar-refractivity contribution in [1.82, 2.24) is 5.32 Å². The van der Waals surface area contributed by atoms with Crippen molar-refractivity contribution in [1.29, 1.82) is 0 Å². The van der Waals surface area contributed by atoms with Crippen LogP contribution in [0.5, 0.6) is 0 Å². The van der Waals surface area contributed by atoms with Crippen LogP contribution >= 0.6 is 0 Å². The third-order valence-electron chi connectivity index (χ3n) is 2.91.